The fourth-order valence-electron chi connectivity index (χ4n) is 0.750. The average Bonchev–Trinajstić information content (AvgIpc) is 2.07. The molecule has 4 heteroatoms. The van der Waals surface area contributed by atoms with Crippen LogP contribution in [0.5, 0.6) is 0 Å². The van der Waals surface area contributed by atoms with Crippen LogP contribution in [0.4, 0.5) is 0 Å². The Labute approximate surface area is 87.9 Å². The summed E-state index contributed by atoms with van der Waals surface area (Å²) in [5.74, 6) is 0. The van der Waals surface area contributed by atoms with Gasteiger partial charge in [0, 0.05) is 0 Å². The Bertz CT molecular complexity index is 67.9. The van der Waals surface area contributed by atoms with Gasteiger partial charge in [0.05, 0.1) is 0 Å². The Morgan fingerprint density at radius 1 is 1.00 bits per heavy atom. The van der Waals surface area contributed by atoms with E-state index in [-0.39, 0.29) is 0 Å². The van der Waals surface area contributed by atoms with Crippen molar-refractivity contribution in [3.05, 3.63) is 0 Å². The van der Waals surface area contributed by atoms with Crippen molar-refractivity contribution in [2.45, 2.75) is 38.9 Å². The molecule has 0 bridgehead atoms. The summed E-state index contributed by atoms with van der Waals surface area (Å²) in [7, 11) is 0. The first-order valence-electron chi connectivity index (χ1n) is 3.62. The third-order valence-corrected chi connectivity index (χ3v) is 11.2. The van der Waals surface area contributed by atoms with E-state index in [1.807, 2.05) is 0 Å². The average molecular weight is 300 g/mol. The van der Waals surface area contributed by atoms with Crippen LogP contribution in [0, 0.1) is 0 Å². The molecule has 0 aliphatic carbocycles. The summed E-state index contributed by atoms with van der Waals surface area (Å²) in [4.78, 5) is 0. The molecule has 0 atom stereocenters. The molecule has 0 aliphatic heterocycles. The van der Waals surface area contributed by atoms with Crippen LogP contribution in [0.25, 0.3) is 0 Å². The topological polar surface area (TPSA) is 0 Å². The van der Waals surface area contributed by atoms with Crippen molar-refractivity contribution in [2.75, 3.05) is 0 Å². The van der Waals surface area contributed by atoms with Crippen molar-refractivity contribution < 1.29 is 0 Å². The third kappa shape index (κ3) is 6.50. The Morgan fingerprint density at radius 2 is 1.20 bits per heavy atom. The SMILES string of the molecule is CC[Si]([Se])(CC)CC.[Al]=[Se]. The monoisotopic (exact) mass is 302 g/mol. The van der Waals surface area contributed by atoms with Crippen molar-refractivity contribution in [3.63, 3.8) is 0 Å². The van der Waals surface area contributed by atoms with Crippen molar-refractivity contribution in [2.24, 2.45) is 0 Å². The summed E-state index contributed by atoms with van der Waals surface area (Å²) in [5, 5.41) is 0. The van der Waals surface area contributed by atoms with Gasteiger partial charge in [-0.1, -0.05) is 0 Å². The number of hydrogen-bond donors (Lipinski definition) is 0. The van der Waals surface area contributed by atoms with Gasteiger partial charge in [0.15, 0.2) is 0 Å². The van der Waals surface area contributed by atoms with Crippen molar-refractivity contribution in [1.29, 1.82) is 0 Å². The Kier molecular flexibility index (Phi) is 12.7. The normalized spacial score (nSPS) is 9.90. The quantitative estimate of drug-likeness (QED) is 0.691. The van der Waals surface area contributed by atoms with Gasteiger partial charge in [0.25, 0.3) is 0 Å². The first-order chi connectivity index (χ1) is 4.68. The van der Waals surface area contributed by atoms with Crippen LogP contribution in [0.3, 0.4) is 0 Å². The van der Waals surface area contributed by atoms with Crippen LogP contribution in [-0.2, 0) is 0 Å². The molecule has 2 radical (unpaired) electrons. The molecule has 0 aliphatic rings. The van der Waals surface area contributed by atoms with E-state index in [1.54, 1.807) is 0 Å². The molecule has 0 saturated heterocycles. The Morgan fingerprint density at radius 3 is 1.20 bits per heavy atom. The van der Waals surface area contributed by atoms with Crippen LogP contribution in [0.1, 0.15) is 20.8 Å². The molecule has 0 amide bonds. The first-order valence-corrected chi connectivity index (χ1v) is 12.2. The number of rotatable bonds is 3. The van der Waals surface area contributed by atoms with Crippen LogP contribution in [-0.4, -0.2) is 49.6 Å². The van der Waals surface area contributed by atoms with Gasteiger partial charge in [-0.15, -0.1) is 0 Å². The molecule has 0 nitrogen and oxygen atoms in total. The molecular weight excluding hydrogens is 285 g/mol. The van der Waals surface area contributed by atoms with Crippen LogP contribution in [0.15, 0.2) is 0 Å². The fourth-order valence-corrected chi connectivity index (χ4v) is 2.25. The zero-order valence-electron chi connectivity index (χ0n) is 7.02. The second-order valence-corrected chi connectivity index (χ2v) is 12.2. The van der Waals surface area contributed by atoms with Gasteiger partial charge in [-0.3, -0.25) is 0 Å². The zero-order chi connectivity index (χ0) is 8.62. The number of hydrogen-bond acceptors (Lipinski definition) is 0. The molecule has 0 saturated carbocycles. The summed E-state index contributed by atoms with van der Waals surface area (Å²) in [6.45, 7) is 6.11. The van der Waals surface area contributed by atoms with Crippen molar-refractivity contribution in [1.82, 2.24) is 0 Å². The van der Waals surface area contributed by atoms with E-state index in [1.165, 1.54) is 18.1 Å². The molecule has 0 aromatic carbocycles. The summed E-state index contributed by atoms with van der Waals surface area (Å²) in [5.41, 5.74) is 0. The Balaban J connectivity index is 0. The van der Waals surface area contributed by atoms with E-state index >= 15 is 0 Å². The predicted octanol–water partition coefficient (Wildman–Crippen LogP) is 1.40. The van der Waals surface area contributed by atoms with Gasteiger partial charge < -0.3 is 0 Å². The van der Waals surface area contributed by atoms with E-state index in [0.29, 0.717) is 0 Å². The van der Waals surface area contributed by atoms with E-state index in [0.717, 1.165) is 0 Å². The summed E-state index contributed by atoms with van der Waals surface area (Å²) in [6.07, 6.45) is 0. The summed E-state index contributed by atoms with van der Waals surface area (Å²) in [6, 6.07) is 4.21. The predicted molar refractivity (Wildman–Crippen MR) is 54.5 cm³/mol. The van der Waals surface area contributed by atoms with Gasteiger partial charge in [0.2, 0.25) is 0 Å². The molecule has 0 aromatic heterocycles. The first kappa shape index (κ1) is 14.3. The summed E-state index contributed by atoms with van der Waals surface area (Å²) >= 11 is 8.21. The van der Waals surface area contributed by atoms with E-state index in [2.05, 4.69) is 63.6 Å². The molecule has 10 heavy (non-hydrogen) atoms. The van der Waals surface area contributed by atoms with Gasteiger partial charge >= 0.3 is 88.5 Å². The third-order valence-electron chi connectivity index (χ3n) is 1.93. The molecule has 58 valence electrons. The molecule has 0 aromatic rings. The van der Waals surface area contributed by atoms with Crippen molar-refractivity contribution in [3.8, 4) is 0 Å². The standard InChI is InChI=1S/C6H15SeSi.Al.Se/c1-4-8(7,5-2)6-3;;/h4-6H2,1-3H3;;. The molecule has 0 N–H and O–H groups in total. The van der Waals surface area contributed by atoms with Gasteiger partial charge in [0.1, 0.15) is 0 Å². The molecule has 0 fully saturated rings. The second-order valence-electron chi connectivity index (χ2n) is 2.24. The van der Waals surface area contributed by atoms with E-state index < -0.39 is 6.68 Å². The fraction of sp³-hybridized carbons (Fsp3) is 1.00. The van der Waals surface area contributed by atoms with Gasteiger partial charge in [-0.05, 0) is 0 Å². The van der Waals surface area contributed by atoms with Crippen LogP contribution >= 0.6 is 0 Å². The van der Waals surface area contributed by atoms with Crippen LogP contribution in [0.2, 0.25) is 18.1 Å². The molecular formula is C6H15AlSe2Si. The van der Waals surface area contributed by atoms with Gasteiger partial charge in [-0.25, -0.2) is 0 Å². The molecule has 0 rings (SSSR count). The maximum absolute atomic E-state index is 3.38. The zero-order valence-corrected chi connectivity index (χ0v) is 12.6. The molecule has 0 unspecified atom stereocenters. The Hall–Kier alpha value is 1.79. The molecule has 0 heterocycles. The van der Waals surface area contributed by atoms with Crippen LogP contribution < -0.4 is 0 Å². The minimum atomic E-state index is -0.796. The molecule has 0 spiro atoms. The summed E-state index contributed by atoms with van der Waals surface area (Å²) < 4.78 is 0. The minimum absolute atomic E-state index is 0.796. The van der Waals surface area contributed by atoms with E-state index in [4.69, 9.17) is 0 Å². The second kappa shape index (κ2) is 8.88. The van der Waals surface area contributed by atoms with Crippen molar-refractivity contribution >= 4 is 49.6 Å². The maximum atomic E-state index is 3.38. The van der Waals surface area contributed by atoms with Gasteiger partial charge in [-0.2, -0.15) is 0 Å². The van der Waals surface area contributed by atoms with E-state index in [9.17, 15) is 0 Å².